The Morgan fingerprint density at radius 3 is 2.47 bits per heavy atom. The molecule has 96 valence electrons. The fourth-order valence-electron chi connectivity index (χ4n) is 1.52. The number of hydrogen-bond acceptors (Lipinski definition) is 4. The molecule has 0 bridgehead atoms. The molecule has 1 aromatic carbocycles. The van der Waals surface area contributed by atoms with Gasteiger partial charge in [-0.1, -0.05) is 0 Å². The summed E-state index contributed by atoms with van der Waals surface area (Å²) in [6.45, 7) is 4.68. The first-order chi connectivity index (χ1) is 7.96. The van der Waals surface area contributed by atoms with Crippen molar-refractivity contribution in [3.05, 3.63) is 23.8 Å². The van der Waals surface area contributed by atoms with Crippen LogP contribution in [0.4, 0.5) is 0 Å². The number of aliphatic hydroxyl groups is 1. The van der Waals surface area contributed by atoms with Gasteiger partial charge in [-0.15, -0.1) is 0 Å². The van der Waals surface area contributed by atoms with Crippen molar-refractivity contribution in [3.8, 4) is 11.5 Å². The summed E-state index contributed by atoms with van der Waals surface area (Å²) in [5, 5.41) is 12.8. The third-order valence-electron chi connectivity index (χ3n) is 2.36. The SMILES string of the molecule is COc1ccc(OC)c(CNCC(C)(C)O)c1. The van der Waals surface area contributed by atoms with Crippen LogP contribution in [0, 0.1) is 0 Å². The van der Waals surface area contributed by atoms with E-state index in [2.05, 4.69) is 5.32 Å². The molecule has 4 nitrogen and oxygen atoms in total. The maximum atomic E-state index is 9.60. The number of ether oxygens (including phenoxy) is 2. The molecule has 0 heterocycles. The zero-order valence-corrected chi connectivity index (χ0v) is 10.9. The summed E-state index contributed by atoms with van der Waals surface area (Å²) in [4.78, 5) is 0. The van der Waals surface area contributed by atoms with Crippen LogP contribution >= 0.6 is 0 Å². The van der Waals surface area contributed by atoms with Crippen molar-refractivity contribution >= 4 is 0 Å². The maximum absolute atomic E-state index is 9.60. The minimum atomic E-state index is -0.716. The molecule has 0 aromatic heterocycles. The summed E-state index contributed by atoms with van der Waals surface area (Å²) < 4.78 is 10.4. The molecule has 0 saturated carbocycles. The van der Waals surface area contributed by atoms with Crippen LogP contribution in [-0.2, 0) is 6.54 Å². The molecule has 0 aliphatic heterocycles. The third kappa shape index (κ3) is 4.63. The summed E-state index contributed by atoms with van der Waals surface area (Å²) in [5.74, 6) is 1.61. The van der Waals surface area contributed by atoms with Gasteiger partial charge >= 0.3 is 0 Å². The van der Waals surface area contributed by atoms with E-state index in [1.165, 1.54) is 0 Å². The highest BCUT2D eigenvalue weighted by Crippen LogP contribution is 2.23. The molecule has 0 spiro atoms. The van der Waals surface area contributed by atoms with E-state index in [0.29, 0.717) is 13.1 Å². The van der Waals surface area contributed by atoms with E-state index in [1.54, 1.807) is 28.1 Å². The third-order valence-corrected chi connectivity index (χ3v) is 2.36. The standard InChI is InChI=1S/C13H21NO3/c1-13(2,15)9-14-8-10-7-11(16-3)5-6-12(10)17-4/h5-7,14-15H,8-9H2,1-4H3. The predicted molar refractivity (Wildman–Crippen MR) is 67.6 cm³/mol. The number of nitrogens with one attached hydrogen (secondary N) is 1. The maximum Gasteiger partial charge on any atom is 0.123 e. The van der Waals surface area contributed by atoms with Gasteiger partial charge in [-0.25, -0.2) is 0 Å². The van der Waals surface area contributed by atoms with Gasteiger partial charge in [0.1, 0.15) is 11.5 Å². The van der Waals surface area contributed by atoms with E-state index in [1.807, 2.05) is 18.2 Å². The fourth-order valence-corrected chi connectivity index (χ4v) is 1.52. The first-order valence-corrected chi connectivity index (χ1v) is 5.60. The summed E-state index contributed by atoms with van der Waals surface area (Å²) >= 11 is 0. The highest BCUT2D eigenvalue weighted by Gasteiger charge is 2.12. The topological polar surface area (TPSA) is 50.7 Å². The van der Waals surface area contributed by atoms with Crippen LogP contribution in [0.2, 0.25) is 0 Å². The highest BCUT2D eigenvalue weighted by atomic mass is 16.5. The van der Waals surface area contributed by atoms with Gasteiger partial charge in [-0.3, -0.25) is 0 Å². The molecule has 0 radical (unpaired) electrons. The lowest BCUT2D eigenvalue weighted by Crippen LogP contribution is -2.34. The molecule has 0 unspecified atom stereocenters. The van der Waals surface area contributed by atoms with E-state index in [9.17, 15) is 5.11 Å². The Balaban J connectivity index is 2.68. The van der Waals surface area contributed by atoms with Crippen LogP contribution in [0.3, 0.4) is 0 Å². The van der Waals surface area contributed by atoms with Crippen molar-refractivity contribution in [1.82, 2.24) is 5.32 Å². The summed E-state index contributed by atoms with van der Waals surface area (Å²) in [6, 6.07) is 5.66. The molecule has 0 saturated heterocycles. The van der Waals surface area contributed by atoms with Gasteiger partial charge in [-0.2, -0.15) is 0 Å². The lowest BCUT2D eigenvalue weighted by atomic mass is 10.1. The van der Waals surface area contributed by atoms with Crippen molar-refractivity contribution in [2.75, 3.05) is 20.8 Å². The van der Waals surface area contributed by atoms with Crippen molar-refractivity contribution in [1.29, 1.82) is 0 Å². The first kappa shape index (κ1) is 13.8. The van der Waals surface area contributed by atoms with Gasteiger partial charge < -0.3 is 19.9 Å². The van der Waals surface area contributed by atoms with E-state index < -0.39 is 5.60 Å². The number of benzene rings is 1. The van der Waals surface area contributed by atoms with Gasteiger partial charge in [0.15, 0.2) is 0 Å². The largest absolute Gasteiger partial charge is 0.497 e. The molecule has 0 aliphatic carbocycles. The van der Waals surface area contributed by atoms with Crippen molar-refractivity contribution < 1.29 is 14.6 Å². The predicted octanol–water partition coefficient (Wildman–Crippen LogP) is 1.56. The van der Waals surface area contributed by atoms with Gasteiger partial charge in [-0.05, 0) is 32.0 Å². The molecule has 0 fully saturated rings. The zero-order chi connectivity index (χ0) is 12.9. The summed E-state index contributed by atoms with van der Waals surface area (Å²) in [7, 11) is 3.27. The molecule has 0 amide bonds. The van der Waals surface area contributed by atoms with Crippen molar-refractivity contribution in [3.63, 3.8) is 0 Å². The summed E-state index contributed by atoms with van der Waals surface area (Å²) in [6.07, 6.45) is 0. The Morgan fingerprint density at radius 2 is 1.94 bits per heavy atom. The minimum absolute atomic E-state index is 0.521. The molecule has 0 atom stereocenters. The molecule has 17 heavy (non-hydrogen) atoms. The monoisotopic (exact) mass is 239 g/mol. The average molecular weight is 239 g/mol. The quantitative estimate of drug-likeness (QED) is 0.791. The molecule has 0 aliphatic rings. The molecule has 4 heteroatoms. The second-order valence-corrected chi connectivity index (χ2v) is 4.59. The zero-order valence-electron chi connectivity index (χ0n) is 10.9. The molecule has 1 aromatic rings. The lowest BCUT2D eigenvalue weighted by Gasteiger charge is -2.18. The Hall–Kier alpha value is -1.26. The summed E-state index contributed by atoms with van der Waals surface area (Å²) in [5.41, 5.74) is 0.294. The molecular weight excluding hydrogens is 218 g/mol. The Bertz CT molecular complexity index is 358. The minimum Gasteiger partial charge on any atom is -0.497 e. The fraction of sp³-hybridized carbons (Fsp3) is 0.538. The Labute approximate surface area is 103 Å². The van der Waals surface area contributed by atoms with Gasteiger partial charge in [0.25, 0.3) is 0 Å². The van der Waals surface area contributed by atoms with E-state index >= 15 is 0 Å². The van der Waals surface area contributed by atoms with Crippen molar-refractivity contribution in [2.45, 2.75) is 26.0 Å². The van der Waals surface area contributed by atoms with Crippen LogP contribution in [0.15, 0.2) is 18.2 Å². The number of rotatable bonds is 6. The normalized spacial score (nSPS) is 11.4. The lowest BCUT2D eigenvalue weighted by molar-refractivity contribution is 0.0794. The van der Waals surface area contributed by atoms with Crippen LogP contribution in [0.25, 0.3) is 0 Å². The van der Waals surface area contributed by atoms with E-state index in [-0.39, 0.29) is 0 Å². The number of hydrogen-bond donors (Lipinski definition) is 2. The Morgan fingerprint density at radius 1 is 1.24 bits per heavy atom. The molecular formula is C13H21NO3. The van der Waals surface area contributed by atoms with Crippen LogP contribution in [-0.4, -0.2) is 31.5 Å². The smallest absolute Gasteiger partial charge is 0.123 e. The van der Waals surface area contributed by atoms with Crippen LogP contribution in [0.5, 0.6) is 11.5 Å². The van der Waals surface area contributed by atoms with Crippen molar-refractivity contribution in [2.24, 2.45) is 0 Å². The molecule has 2 N–H and O–H groups in total. The van der Waals surface area contributed by atoms with E-state index in [4.69, 9.17) is 9.47 Å². The van der Waals surface area contributed by atoms with Crippen LogP contribution < -0.4 is 14.8 Å². The average Bonchev–Trinajstić information content (AvgIpc) is 2.27. The van der Waals surface area contributed by atoms with E-state index in [0.717, 1.165) is 17.1 Å². The van der Waals surface area contributed by atoms with Gasteiger partial charge in [0, 0.05) is 18.7 Å². The second-order valence-electron chi connectivity index (χ2n) is 4.59. The van der Waals surface area contributed by atoms with Crippen LogP contribution in [0.1, 0.15) is 19.4 Å². The van der Waals surface area contributed by atoms with Gasteiger partial charge in [0.2, 0.25) is 0 Å². The second kappa shape index (κ2) is 5.89. The number of methoxy groups -OCH3 is 2. The van der Waals surface area contributed by atoms with Gasteiger partial charge in [0.05, 0.1) is 19.8 Å². The molecule has 1 rings (SSSR count). The highest BCUT2D eigenvalue weighted by molar-refractivity contribution is 5.40. The first-order valence-electron chi connectivity index (χ1n) is 5.60. The Kier molecular flexibility index (Phi) is 4.78.